The molecule has 2 fully saturated rings. The van der Waals surface area contributed by atoms with E-state index in [0.717, 1.165) is 90.5 Å². The predicted molar refractivity (Wildman–Crippen MR) is 414 cm³/mol. The Labute approximate surface area is 634 Å². The lowest BCUT2D eigenvalue weighted by atomic mass is 10.1. The number of aromatic nitrogens is 10. The van der Waals surface area contributed by atoms with E-state index in [9.17, 15) is 0 Å². The Morgan fingerprint density at radius 1 is 0.537 bits per heavy atom. The maximum atomic E-state index is 7.87. The molecule has 0 bridgehead atoms. The predicted octanol–water partition coefficient (Wildman–Crippen LogP) is 15.3. The molecule has 0 radical (unpaired) electrons. The van der Waals surface area contributed by atoms with E-state index in [1.165, 1.54) is 5.56 Å². The molecule has 0 saturated heterocycles. The fourth-order valence-corrected chi connectivity index (χ4v) is 14.0. The molecule has 5 N–H and O–H groups in total. The number of hydrogen-bond donors (Lipinski definition) is 4. The molecule has 2 aliphatic carbocycles. The van der Waals surface area contributed by atoms with Crippen LogP contribution in [-0.2, 0) is 59.5 Å². The summed E-state index contributed by atoms with van der Waals surface area (Å²) >= 11 is 6.30. The van der Waals surface area contributed by atoms with Crippen molar-refractivity contribution in [2.45, 2.75) is 154 Å². The van der Waals surface area contributed by atoms with Crippen LogP contribution in [0.1, 0.15) is 152 Å². The van der Waals surface area contributed by atoms with Crippen LogP contribution >= 0.6 is 11.6 Å². The fraction of sp³-hybridized carbons (Fsp3) is 0.390. The summed E-state index contributed by atoms with van der Waals surface area (Å²) in [7, 11) is 8.21. The van der Waals surface area contributed by atoms with Crippen molar-refractivity contribution in [1.82, 2.24) is 49.0 Å². The van der Waals surface area contributed by atoms with Crippen molar-refractivity contribution in [2.24, 2.45) is 10.7 Å². The highest BCUT2D eigenvalue weighted by Gasteiger charge is 2.41. The average Bonchev–Trinajstić information content (AvgIpc) is 1.55. The molecule has 1 aromatic heterocycles. The van der Waals surface area contributed by atoms with Gasteiger partial charge in [-0.05, 0) is 152 Å². The molecule has 564 valence electrons. The summed E-state index contributed by atoms with van der Waals surface area (Å²) in [5.74, 6) is 5.96. The Morgan fingerprint density at radius 3 is 1.67 bits per heavy atom. The van der Waals surface area contributed by atoms with Gasteiger partial charge in [-0.15, -0.1) is 0 Å². The number of anilines is 4. The highest BCUT2D eigenvalue weighted by molar-refractivity contribution is 6.30. The second-order valence-corrected chi connectivity index (χ2v) is 28.7. The number of aryl methyl sites for hydroxylation is 1. The molecule has 25 nitrogen and oxygen atoms in total. The number of hydrogen-bond acceptors (Lipinski definition) is 22. The molecule has 7 aromatic rings. The van der Waals surface area contributed by atoms with Crippen LogP contribution in [0.15, 0.2) is 139 Å². The first kappa shape index (κ1) is 74.3. The van der Waals surface area contributed by atoms with Crippen LogP contribution in [0, 0.1) is 6.92 Å². The van der Waals surface area contributed by atoms with Crippen molar-refractivity contribution < 1.29 is 47.4 Å². The van der Waals surface area contributed by atoms with Gasteiger partial charge in [-0.25, -0.2) is 34.9 Å². The number of aromatic amines is 1. The number of H-pyrrole nitrogens is 1. The first-order valence-corrected chi connectivity index (χ1v) is 37.3. The van der Waals surface area contributed by atoms with E-state index in [1.807, 2.05) is 124 Å². The Hall–Kier alpha value is -10.6. The molecule has 108 heavy (non-hydrogen) atoms. The lowest BCUT2D eigenvalue weighted by molar-refractivity contribution is 0.108. The average molecular weight is 1490 g/mol. The van der Waals surface area contributed by atoms with Gasteiger partial charge in [0.25, 0.3) is 0 Å². The van der Waals surface area contributed by atoms with E-state index in [0.29, 0.717) is 143 Å². The zero-order valence-corrected chi connectivity index (χ0v) is 63.4. The summed E-state index contributed by atoms with van der Waals surface area (Å²) in [6, 6.07) is 41.6. The van der Waals surface area contributed by atoms with Gasteiger partial charge in [0, 0.05) is 22.8 Å². The molecule has 0 spiro atoms. The number of rotatable bonds is 34. The lowest BCUT2D eigenvalue weighted by Crippen LogP contribution is -2.48. The summed E-state index contributed by atoms with van der Waals surface area (Å²) in [6.07, 6.45) is 11.9. The Morgan fingerprint density at radius 2 is 1.06 bits per heavy atom. The number of nitrogens with one attached hydrogen (secondary N) is 3. The number of benzene rings is 6. The van der Waals surface area contributed by atoms with Crippen LogP contribution < -0.4 is 54.4 Å². The molecule has 6 aromatic carbocycles. The number of nitrogens with zero attached hydrogens (tertiary/aromatic N) is 11. The van der Waals surface area contributed by atoms with E-state index in [4.69, 9.17) is 105 Å². The lowest BCUT2D eigenvalue weighted by Gasteiger charge is -2.34. The number of fused-ring (bicyclic) bond motifs is 3. The number of imidazole rings is 3. The molecule has 26 heteroatoms. The van der Waals surface area contributed by atoms with Gasteiger partial charge in [-0.3, -0.25) is 10.3 Å². The van der Waals surface area contributed by atoms with Gasteiger partial charge in [-0.2, -0.15) is 4.98 Å². The van der Waals surface area contributed by atoms with Crippen LogP contribution in [-0.4, -0.2) is 123 Å². The van der Waals surface area contributed by atoms with Gasteiger partial charge in [0.05, 0.1) is 120 Å². The van der Waals surface area contributed by atoms with Gasteiger partial charge in [-0.1, -0.05) is 105 Å². The molecule has 5 aliphatic heterocycles. The fourth-order valence-electron chi connectivity index (χ4n) is 13.9. The summed E-state index contributed by atoms with van der Waals surface area (Å²) in [6.45, 7) is 11.2. The van der Waals surface area contributed by atoms with Crippen LogP contribution in [0.2, 0.25) is 5.02 Å². The van der Waals surface area contributed by atoms with E-state index in [-0.39, 0.29) is 54.9 Å². The minimum atomic E-state index is -1.79. The summed E-state index contributed by atoms with van der Waals surface area (Å²) in [4.78, 5) is 48.6. The standard InChI is InChI=1S/C82H94ClN15O10/c1-50-21-23-54(24-22-50)45-104-42-51(2)73-87-70-76(85-48-96(78(70)90-73)39-56-27-32-64(100-6)67(36-56)103-9)93-81-94-77(71-79(91-74(88-71)52(3)43-105-46-55-25-30-60(83)31-26-55)98(81)41-58-29-34-66(102-8)69(38-58)108-62-18-12-13-19-62)95-82(84)72-80(92-75(89-72)53(4)44-106-47-59-15-14-20-63(35-59)99-5)97(49-86-82)40-57-28-33-65(101-7)68(37-57)107-61-16-10-11-17-61/h14-15,20-38,48-49,51-53,61-62,95H,10-13,16-19,39-47,84H2,1-9H3,(H,89,92)(H,93,94). The van der Waals surface area contributed by atoms with E-state index >= 15 is 0 Å². The normalized spacial score (nSPS) is 16.0. The van der Waals surface area contributed by atoms with Crippen LogP contribution in [0.5, 0.6) is 40.2 Å². The SMILES string of the molecule is COc1cccc(COCC(C)c2nc3c([nH]2)C(N)(Nc2nc(Nc4ncn(Cc5ccc(OC)c(OC)c5)c5nc(C(C)COCc6ccc(C)cc6)nc4-5)n(Cc4ccc(OC)c(OC5CCCC5)c4)c4nc(C(C)COCc5ccc(Cl)cc5)nc2-4)N=CN3Cc2ccc(OC)c(OC3CCCC3)c2)c1. The molecule has 0 amide bonds. The van der Waals surface area contributed by atoms with Crippen molar-refractivity contribution in [3.8, 4) is 63.3 Å². The van der Waals surface area contributed by atoms with Crippen molar-refractivity contribution in [3.63, 3.8) is 0 Å². The molecule has 2 saturated carbocycles. The van der Waals surface area contributed by atoms with Gasteiger partial charge >= 0.3 is 0 Å². The third kappa shape index (κ3) is 17.2. The first-order valence-electron chi connectivity index (χ1n) is 36.9. The molecular weight excluding hydrogens is 1390 g/mol. The van der Waals surface area contributed by atoms with Crippen LogP contribution in [0.25, 0.3) is 23.0 Å². The van der Waals surface area contributed by atoms with Gasteiger partial charge in [0.2, 0.25) is 11.7 Å². The largest absolute Gasteiger partial charge is 0.497 e. The van der Waals surface area contributed by atoms with Crippen molar-refractivity contribution in [2.75, 3.05) is 70.9 Å². The summed E-state index contributed by atoms with van der Waals surface area (Å²) < 4.78 is 65.3. The molecule has 7 aliphatic rings. The monoisotopic (exact) mass is 1480 g/mol. The quantitative estimate of drug-likeness (QED) is 0.0273. The van der Waals surface area contributed by atoms with Gasteiger partial charge in [0.15, 0.2) is 75.0 Å². The van der Waals surface area contributed by atoms with Crippen molar-refractivity contribution >= 4 is 41.3 Å². The molecular formula is C82H94ClN15O10. The minimum Gasteiger partial charge on any atom is -0.497 e. The van der Waals surface area contributed by atoms with E-state index in [2.05, 4.69) is 60.7 Å². The van der Waals surface area contributed by atoms with E-state index in [1.54, 1.807) is 48.2 Å². The molecule has 6 heterocycles. The number of nitrogens with two attached hydrogens (primary N) is 1. The Kier molecular flexibility index (Phi) is 23.2. The smallest absolute Gasteiger partial charge is 0.230 e. The maximum Gasteiger partial charge on any atom is 0.230 e. The molecule has 4 unspecified atom stereocenters. The number of ether oxygens (including phenoxy) is 10. The van der Waals surface area contributed by atoms with Crippen LogP contribution in [0.4, 0.5) is 23.4 Å². The van der Waals surface area contributed by atoms with Gasteiger partial charge in [0.1, 0.15) is 28.9 Å². The second kappa shape index (κ2) is 33.7. The van der Waals surface area contributed by atoms with Crippen LogP contribution in [0.3, 0.4) is 0 Å². The minimum absolute atomic E-state index is 0.0470. The molecule has 14 rings (SSSR count). The van der Waals surface area contributed by atoms with Gasteiger partial charge < -0.3 is 72.5 Å². The third-order valence-electron chi connectivity index (χ3n) is 20.0. The van der Waals surface area contributed by atoms with E-state index < -0.39 is 5.79 Å². The maximum absolute atomic E-state index is 7.87. The Balaban J connectivity index is 0.895. The molecule has 4 atom stereocenters. The zero-order chi connectivity index (χ0) is 74.8. The number of methoxy groups -OCH3 is 5. The number of halogens is 1. The highest BCUT2D eigenvalue weighted by atomic mass is 35.5. The van der Waals surface area contributed by atoms with Crippen molar-refractivity contribution in [3.05, 3.63) is 201 Å². The summed E-state index contributed by atoms with van der Waals surface area (Å²) in [5.41, 5.74) is 16.1. The zero-order valence-electron chi connectivity index (χ0n) is 62.6. The highest BCUT2D eigenvalue weighted by Crippen LogP contribution is 2.43. The number of aliphatic imine (C=N–C) groups is 1. The second-order valence-electron chi connectivity index (χ2n) is 28.2. The summed E-state index contributed by atoms with van der Waals surface area (Å²) in [5, 5.41) is 8.01. The Bertz CT molecular complexity index is 4830. The first-order chi connectivity index (χ1) is 52.6. The van der Waals surface area contributed by atoms with Crippen molar-refractivity contribution in [1.29, 1.82) is 0 Å². The third-order valence-corrected chi connectivity index (χ3v) is 20.2. The topological polar surface area (TPSA) is 274 Å².